The van der Waals surface area contributed by atoms with Gasteiger partial charge in [0.05, 0.1) is 57.3 Å². The molecule has 1 N–H and O–H groups in total. The number of likely N-dealkylation sites (tertiary alicyclic amines) is 1. The molecule has 3 aromatic rings. The predicted molar refractivity (Wildman–Crippen MR) is 189 cm³/mol. The zero-order valence-electron chi connectivity index (χ0n) is 29.9. The van der Waals surface area contributed by atoms with Crippen molar-refractivity contribution in [1.82, 2.24) is 25.0 Å². The SMILES string of the molecule is COc1cc2ccc1Oc1cccc(c1)CO[C@H]1CN(C(=O)c3cc4c(nc3OC)CN(C3CCCC3)C4=O)CC[C@@H]1NC(=O)CN(C)C(=O)CC2. The van der Waals surface area contributed by atoms with Gasteiger partial charge < -0.3 is 39.0 Å². The summed E-state index contributed by atoms with van der Waals surface area (Å²) in [5.74, 6) is 0.928. The van der Waals surface area contributed by atoms with Crippen LogP contribution in [0.15, 0.2) is 48.5 Å². The lowest BCUT2D eigenvalue weighted by atomic mass is 10.00. The van der Waals surface area contributed by atoms with E-state index in [0.29, 0.717) is 54.4 Å². The normalized spacial score (nSPS) is 21.4. The number of fused-ring (bicyclic) bond motifs is 10. The number of pyridine rings is 1. The number of nitrogens with zero attached hydrogens (tertiary/aromatic N) is 4. The summed E-state index contributed by atoms with van der Waals surface area (Å²) in [6, 6.07) is 14.5. The van der Waals surface area contributed by atoms with Crippen LogP contribution in [-0.2, 0) is 33.9 Å². The van der Waals surface area contributed by atoms with E-state index in [9.17, 15) is 19.2 Å². The maximum atomic E-state index is 14.2. The Morgan fingerprint density at radius 2 is 1.77 bits per heavy atom. The lowest BCUT2D eigenvalue weighted by Crippen LogP contribution is -2.57. The van der Waals surface area contributed by atoms with Crippen LogP contribution in [0.25, 0.3) is 0 Å². The van der Waals surface area contributed by atoms with Gasteiger partial charge in [0.15, 0.2) is 11.5 Å². The Kier molecular flexibility index (Phi) is 10.3. The minimum Gasteiger partial charge on any atom is -0.493 e. The largest absolute Gasteiger partial charge is 0.493 e. The molecular weight excluding hydrogens is 666 g/mol. The van der Waals surface area contributed by atoms with Crippen molar-refractivity contribution in [1.29, 1.82) is 0 Å². The minimum atomic E-state index is -0.588. The second-order valence-corrected chi connectivity index (χ2v) is 14.0. The Hall–Kier alpha value is -5.17. The summed E-state index contributed by atoms with van der Waals surface area (Å²) in [6.45, 7) is 0.966. The number of aromatic nitrogens is 1. The van der Waals surface area contributed by atoms with Crippen LogP contribution < -0.4 is 19.5 Å². The molecule has 2 fully saturated rings. The van der Waals surface area contributed by atoms with Crippen LogP contribution in [0.2, 0.25) is 0 Å². The topological polar surface area (TPSA) is 140 Å². The van der Waals surface area contributed by atoms with Crippen LogP contribution in [0.5, 0.6) is 23.1 Å². The fourth-order valence-corrected chi connectivity index (χ4v) is 7.63. The van der Waals surface area contributed by atoms with Gasteiger partial charge in [0.1, 0.15) is 11.3 Å². The average Bonchev–Trinajstić information content (AvgIpc) is 3.80. The van der Waals surface area contributed by atoms with E-state index < -0.39 is 12.1 Å². The van der Waals surface area contributed by atoms with Gasteiger partial charge in [0.25, 0.3) is 11.8 Å². The molecule has 5 heterocycles. The van der Waals surface area contributed by atoms with Gasteiger partial charge >= 0.3 is 0 Å². The van der Waals surface area contributed by atoms with E-state index in [2.05, 4.69) is 10.3 Å². The molecule has 0 spiro atoms. The smallest absolute Gasteiger partial charge is 0.259 e. The molecule has 1 saturated heterocycles. The molecule has 0 unspecified atom stereocenters. The van der Waals surface area contributed by atoms with E-state index in [1.54, 1.807) is 25.1 Å². The first kappa shape index (κ1) is 35.2. The van der Waals surface area contributed by atoms with Crippen molar-refractivity contribution in [3.63, 3.8) is 0 Å². The highest BCUT2D eigenvalue weighted by Crippen LogP contribution is 2.35. The summed E-state index contributed by atoms with van der Waals surface area (Å²) in [4.78, 5) is 63.5. The van der Waals surface area contributed by atoms with Crippen LogP contribution in [0.1, 0.15) is 76.1 Å². The molecular formula is C39H45N5O8. The van der Waals surface area contributed by atoms with Crippen molar-refractivity contribution in [2.24, 2.45) is 0 Å². The lowest BCUT2D eigenvalue weighted by Gasteiger charge is -2.39. The van der Waals surface area contributed by atoms with Crippen LogP contribution >= 0.6 is 0 Å². The lowest BCUT2D eigenvalue weighted by molar-refractivity contribution is -0.135. The van der Waals surface area contributed by atoms with Gasteiger partial charge in [0.2, 0.25) is 17.7 Å². The van der Waals surface area contributed by atoms with Gasteiger partial charge in [-0.3, -0.25) is 19.2 Å². The number of piperidine rings is 1. The van der Waals surface area contributed by atoms with E-state index >= 15 is 0 Å². The molecule has 52 heavy (non-hydrogen) atoms. The molecule has 13 nitrogen and oxygen atoms in total. The van der Waals surface area contributed by atoms with Gasteiger partial charge in [-0.1, -0.05) is 31.0 Å². The van der Waals surface area contributed by atoms with E-state index in [4.69, 9.17) is 18.9 Å². The molecule has 0 radical (unpaired) electrons. The average molecular weight is 712 g/mol. The second kappa shape index (κ2) is 15.2. The standard InChI is InChI=1S/C39H45N5O8/c1-42-22-35(45)40-30-15-16-43(38(47)29-19-28-31(41-37(29)50-3)20-44(39(28)48)26-8-4-5-9-26)21-34(30)51-23-25-7-6-10-27(17-25)52-32-13-11-24(12-14-36(42)46)18-33(32)49-2/h6-7,10-11,13,17-19,26,30,34H,4-5,8-9,12,14-16,20-23H2,1-3H3,(H,40,45)/t30-,34-/m0/s1. The van der Waals surface area contributed by atoms with Crippen molar-refractivity contribution >= 4 is 23.6 Å². The Morgan fingerprint density at radius 3 is 2.56 bits per heavy atom. The van der Waals surface area contributed by atoms with E-state index in [1.807, 2.05) is 47.4 Å². The van der Waals surface area contributed by atoms with Crippen LogP contribution in [0.4, 0.5) is 0 Å². The van der Waals surface area contributed by atoms with Crippen molar-refractivity contribution in [2.75, 3.05) is 40.9 Å². The molecule has 2 atom stereocenters. The quantitative estimate of drug-likeness (QED) is 0.424. The molecule has 1 aliphatic carbocycles. The molecule has 1 saturated carbocycles. The number of benzene rings is 2. The van der Waals surface area contributed by atoms with Crippen LogP contribution in [-0.4, -0.2) is 102 Å². The number of likely N-dealkylation sites (N-methyl/N-ethyl adjacent to an activating group) is 1. The third-order valence-corrected chi connectivity index (χ3v) is 10.5. The van der Waals surface area contributed by atoms with Gasteiger partial charge in [-0.05, 0) is 67.1 Å². The van der Waals surface area contributed by atoms with Crippen molar-refractivity contribution in [2.45, 2.75) is 76.3 Å². The number of carbonyl (C=O) groups is 4. The maximum absolute atomic E-state index is 14.2. The third kappa shape index (κ3) is 7.41. The number of hydrogen-bond donors (Lipinski definition) is 1. The summed E-state index contributed by atoms with van der Waals surface area (Å²) in [6.07, 6.45) is 4.65. The second-order valence-electron chi connectivity index (χ2n) is 14.0. The van der Waals surface area contributed by atoms with Crippen molar-refractivity contribution in [3.05, 3.63) is 76.5 Å². The minimum absolute atomic E-state index is 0.0969. The number of ether oxygens (including phenoxy) is 4. The molecule has 4 aliphatic heterocycles. The molecule has 4 amide bonds. The number of methoxy groups -OCH3 is 2. The first-order valence-electron chi connectivity index (χ1n) is 18.0. The fourth-order valence-electron chi connectivity index (χ4n) is 7.63. The number of carbonyl (C=O) groups excluding carboxylic acids is 4. The number of rotatable bonds is 4. The van der Waals surface area contributed by atoms with E-state index in [0.717, 1.165) is 36.8 Å². The molecule has 4 bridgehead atoms. The molecule has 5 aliphatic rings. The zero-order valence-corrected chi connectivity index (χ0v) is 29.9. The van der Waals surface area contributed by atoms with Crippen molar-refractivity contribution < 1.29 is 38.1 Å². The monoisotopic (exact) mass is 711 g/mol. The summed E-state index contributed by atoms with van der Waals surface area (Å²) in [7, 11) is 4.65. The highest BCUT2D eigenvalue weighted by atomic mass is 16.5. The maximum Gasteiger partial charge on any atom is 0.259 e. The summed E-state index contributed by atoms with van der Waals surface area (Å²) in [5, 5.41) is 3.07. The van der Waals surface area contributed by atoms with Crippen molar-refractivity contribution in [3.8, 4) is 23.1 Å². The number of amides is 4. The Balaban J connectivity index is 1.13. The Labute approximate surface area is 303 Å². The van der Waals surface area contributed by atoms with Gasteiger partial charge in [-0.15, -0.1) is 0 Å². The summed E-state index contributed by atoms with van der Waals surface area (Å²) in [5.41, 5.74) is 3.02. The van der Waals surface area contributed by atoms with E-state index in [-0.39, 0.29) is 67.2 Å². The van der Waals surface area contributed by atoms with Gasteiger partial charge in [-0.2, -0.15) is 0 Å². The zero-order chi connectivity index (χ0) is 36.4. The van der Waals surface area contributed by atoms with Gasteiger partial charge in [-0.25, -0.2) is 4.98 Å². The molecule has 8 rings (SSSR count). The Bertz CT molecular complexity index is 1860. The Morgan fingerprint density at radius 1 is 0.942 bits per heavy atom. The highest BCUT2D eigenvalue weighted by Gasteiger charge is 2.39. The highest BCUT2D eigenvalue weighted by molar-refractivity contribution is 6.03. The van der Waals surface area contributed by atoms with Crippen LogP contribution in [0.3, 0.4) is 0 Å². The number of hydrogen-bond acceptors (Lipinski definition) is 9. The van der Waals surface area contributed by atoms with Crippen LogP contribution in [0, 0.1) is 0 Å². The van der Waals surface area contributed by atoms with E-state index in [1.165, 1.54) is 12.0 Å². The summed E-state index contributed by atoms with van der Waals surface area (Å²) >= 11 is 0. The van der Waals surface area contributed by atoms with Gasteiger partial charge in [0, 0.05) is 32.6 Å². The fraction of sp³-hybridized carbons (Fsp3) is 0.462. The molecule has 2 aromatic carbocycles. The number of nitrogens with one attached hydrogen (secondary N) is 1. The summed E-state index contributed by atoms with van der Waals surface area (Å²) < 4.78 is 23.9. The molecule has 13 heteroatoms. The molecule has 1 aromatic heterocycles. The molecule has 274 valence electrons. The first-order valence-corrected chi connectivity index (χ1v) is 18.0. The predicted octanol–water partition coefficient (Wildman–Crippen LogP) is 4.11. The third-order valence-electron chi connectivity index (χ3n) is 10.5. The number of aryl methyl sites for hydroxylation is 1. The first-order chi connectivity index (χ1) is 25.2.